The van der Waals surface area contributed by atoms with Crippen LogP contribution in [-0.2, 0) is 20.6 Å². The Bertz CT molecular complexity index is 570. The molecule has 0 spiro atoms. The van der Waals surface area contributed by atoms with E-state index in [1.807, 2.05) is 13.0 Å². The van der Waals surface area contributed by atoms with Gasteiger partial charge in [0, 0.05) is 17.6 Å². The van der Waals surface area contributed by atoms with Crippen molar-refractivity contribution in [1.29, 1.82) is 5.26 Å². The molecule has 0 fully saturated rings. The van der Waals surface area contributed by atoms with Crippen LogP contribution in [0.2, 0.25) is 0 Å². The number of hydrogen-bond acceptors (Lipinski definition) is 4. The predicted octanol–water partition coefficient (Wildman–Crippen LogP) is 1.89. The Morgan fingerprint density at radius 3 is 2.28 bits per heavy atom. The van der Waals surface area contributed by atoms with Gasteiger partial charge in [0.2, 0.25) is 0 Å². The van der Waals surface area contributed by atoms with Crippen LogP contribution in [-0.4, -0.2) is 24.1 Å². The van der Waals surface area contributed by atoms with Gasteiger partial charge in [0.15, 0.2) is 9.84 Å². The van der Waals surface area contributed by atoms with E-state index in [-0.39, 0.29) is 16.6 Å². The number of nitriles is 1. The largest absolute Gasteiger partial charge is 0.254 e. The van der Waals surface area contributed by atoms with Gasteiger partial charge in [-0.15, -0.1) is 0 Å². The molecule has 0 aliphatic carbocycles. The zero-order valence-corrected chi connectivity index (χ0v) is 11.9. The normalized spacial score (nSPS) is 14.7. The molecule has 4 nitrogen and oxygen atoms in total. The van der Waals surface area contributed by atoms with Crippen molar-refractivity contribution in [3.05, 3.63) is 24.3 Å². The van der Waals surface area contributed by atoms with Crippen molar-refractivity contribution in [1.82, 2.24) is 0 Å². The second-order valence-electron chi connectivity index (χ2n) is 3.93. The quantitative estimate of drug-likeness (QED) is 0.828. The third-order valence-corrected chi connectivity index (χ3v) is 5.53. The fourth-order valence-corrected chi connectivity index (χ4v) is 3.43. The maximum Gasteiger partial charge on any atom is 0.175 e. The minimum atomic E-state index is -3.23. The van der Waals surface area contributed by atoms with Gasteiger partial charge in [0.1, 0.15) is 0 Å². The Hall–Kier alpha value is -1.19. The molecule has 0 N–H and O–H groups in total. The van der Waals surface area contributed by atoms with Crippen LogP contribution in [0, 0.1) is 11.3 Å². The van der Waals surface area contributed by atoms with E-state index in [0.717, 1.165) is 6.26 Å². The second-order valence-corrected chi connectivity index (χ2v) is 7.68. The van der Waals surface area contributed by atoms with Crippen molar-refractivity contribution >= 4 is 20.6 Å². The van der Waals surface area contributed by atoms with Crippen LogP contribution >= 0.6 is 0 Å². The third kappa shape index (κ3) is 3.65. The molecule has 0 aliphatic rings. The zero-order valence-electron chi connectivity index (χ0n) is 10.3. The molecule has 0 amide bonds. The first-order valence-electron chi connectivity index (χ1n) is 5.47. The topological polar surface area (TPSA) is 75.0 Å². The Morgan fingerprint density at radius 1 is 1.33 bits per heavy atom. The Labute approximate surface area is 110 Å². The predicted molar refractivity (Wildman–Crippen MR) is 70.3 cm³/mol. The maximum absolute atomic E-state index is 12.1. The molecule has 6 heteroatoms. The minimum Gasteiger partial charge on any atom is -0.254 e. The van der Waals surface area contributed by atoms with E-state index in [2.05, 4.69) is 0 Å². The van der Waals surface area contributed by atoms with Crippen molar-refractivity contribution in [2.75, 3.05) is 6.26 Å². The lowest BCUT2D eigenvalue weighted by atomic mass is 10.3. The van der Waals surface area contributed by atoms with E-state index < -0.39 is 20.6 Å². The van der Waals surface area contributed by atoms with Crippen molar-refractivity contribution < 1.29 is 12.6 Å². The first-order valence-corrected chi connectivity index (χ1v) is 8.58. The molecule has 98 valence electrons. The number of rotatable bonds is 5. The molecule has 0 saturated carbocycles. The molecular formula is C12H15NO3S2. The molecule has 2 unspecified atom stereocenters. The van der Waals surface area contributed by atoms with Gasteiger partial charge in [-0.1, -0.05) is 6.92 Å². The van der Waals surface area contributed by atoms with Crippen LogP contribution in [0.4, 0.5) is 0 Å². The summed E-state index contributed by atoms with van der Waals surface area (Å²) >= 11 is 0. The first kappa shape index (κ1) is 14.9. The minimum absolute atomic E-state index is 0.205. The van der Waals surface area contributed by atoms with Crippen LogP contribution in [0.25, 0.3) is 0 Å². The molecule has 0 radical (unpaired) electrons. The molecule has 1 aromatic carbocycles. The highest BCUT2D eigenvalue weighted by Crippen LogP contribution is 2.18. The second kappa shape index (κ2) is 6.12. The van der Waals surface area contributed by atoms with Crippen molar-refractivity contribution in [2.45, 2.75) is 34.8 Å². The van der Waals surface area contributed by atoms with Crippen LogP contribution < -0.4 is 0 Å². The van der Waals surface area contributed by atoms with Gasteiger partial charge >= 0.3 is 0 Å². The number of benzene rings is 1. The van der Waals surface area contributed by atoms with E-state index in [0.29, 0.717) is 11.3 Å². The average molecular weight is 285 g/mol. The summed E-state index contributed by atoms with van der Waals surface area (Å²) in [4.78, 5) is 0.765. The smallest absolute Gasteiger partial charge is 0.175 e. The maximum atomic E-state index is 12.1. The highest BCUT2D eigenvalue weighted by molar-refractivity contribution is 7.90. The van der Waals surface area contributed by atoms with Gasteiger partial charge < -0.3 is 0 Å². The van der Waals surface area contributed by atoms with Crippen molar-refractivity contribution in [3.63, 3.8) is 0 Å². The van der Waals surface area contributed by atoms with Gasteiger partial charge in [-0.3, -0.25) is 4.21 Å². The molecule has 2 atom stereocenters. The fraction of sp³-hybridized carbons (Fsp3) is 0.417. The lowest BCUT2D eigenvalue weighted by Gasteiger charge is -2.11. The average Bonchev–Trinajstić information content (AvgIpc) is 2.34. The van der Waals surface area contributed by atoms with E-state index in [4.69, 9.17) is 5.26 Å². The fourth-order valence-electron chi connectivity index (χ4n) is 1.49. The first-order chi connectivity index (χ1) is 8.40. The summed E-state index contributed by atoms with van der Waals surface area (Å²) in [5.74, 6) is 0. The molecule has 1 aromatic rings. The summed E-state index contributed by atoms with van der Waals surface area (Å²) in [5, 5.41) is 8.44. The monoisotopic (exact) mass is 285 g/mol. The van der Waals surface area contributed by atoms with Crippen LogP contribution in [0.5, 0.6) is 0 Å². The summed E-state index contributed by atoms with van der Waals surface area (Å²) in [7, 11) is -4.51. The van der Waals surface area contributed by atoms with E-state index in [1.165, 1.54) is 12.1 Å². The third-order valence-electron chi connectivity index (χ3n) is 2.56. The highest BCUT2D eigenvalue weighted by atomic mass is 32.2. The van der Waals surface area contributed by atoms with Crippen LogP contribution in [0.1, 0.15) is 19.8 Å². The number of hydrogen-bond donors (Lipinski definition) is 0. The van der Waals surface area contributed by atoms with Gasteiger partial charge in [0.25, 0.3) is 0 Å². The summed E-state index contributed by atoms with van der Waals surface area (Å²) in [5.41, 5.74) is 0. The molecule has 1 rings (SSSR count). The van der Waals surface area contributed by atoms with Crippen molar-refractivity contribution in [2.24, 2.45) is 0 Å². The summed E-state index contributed by atoms with van der Waals surface area (Å²) in [6.45, 7) is 1.88. The van der Waals surface area contributed by atoms with Crippen molar-refractivity contribution in [3.8, 4) is 6.07 Å². The van der Waals surface area contributed by atoms with E-state index in [9.17, 15) is 12.6 Å². The molecule has 0 bridgehead atoms. The summed E-state index contributed by atoms with van der Waals surface area (Å²) in [6, 6.07) is 8.00. The standard InChI is InChI=1S/C12H15NO3S2/c1-3-10(8-9-13)17(14)11-4-6-12(7-5-11)18(2,15)16/h4-7,10H,3,8H2,1-2H3. The Morgan fingerprint density at radius 2 is 1.89 bits per heavy atom. The summed E-state index contributed by atoms with van der Waals surface area (Å²) in [6.07, 6.45) is 2.01. The number of sulfone groups is 1. The zero-order chi connectivity index (χ0) is 13.8. The molecular weight excluding hydrogens is 270 g/mol. The van der Waals surface area contributed by atoms with Gasteiger partial charge in [-0.25, -0.2) is 8.42 Å². The number of nitrogens with zero attached hydrogens (tertiary/aromatic N) is 1. The molecule has 0 heterocycles. The molecule has 0 aliphatic heterocycles. The van der Waals surface area contributed by atoms with Crippen LogP contribution in [0.3, 0.4) is 0 Å². The Balaban J connectivity index is 2.99. The molecule has 0 aromatic heterocycles. The lowest BCUT2D eigenvalue weighted by Crippen LogP contribution is -2.13. The highest BCUT2D eigenvalue weighted by Gasteiger charge is 2.17. The molecule has 18 heavy (non-hydrogen) atoms. The van der Waals surface area contributed by atoms with Gasteiger partial charge in [-0.05, 0) is 30.7 Å². The van der Waals surface area contributed by atoms with Gasteiger partial charge in [0.05, 0.1) is 27.0 Å². The Kier molecular flexibility index (Phi) is 5.05. The van der Waals surface area contributed by atoms with E-state index >= 15 is 0 Å². The SMILES string of the molecule is CCC(CC#N)S(=O)c1ccc(S(C)(=O)=O)cc1. The molecule has 0 saturated heterocycles. The van der Waals surface area contributed by atoms with Crippen LogP contribution in [0.15, 0.2) is 34.1 Å². The summed E-state index contributed by atoms with van der Waals surface area (Å²) < 4.78 is 34.7. The van der Waals surface area contributed by atoms with E-state index in [1.54, 1.807) is 12.1 Å². The van der Waals surface area contributed by atoms with Gasteiger partial charge in [-0.2, -0.15) is 5.26 Å². The lowest BCUT2D eigenvalue weighted by molar-refractivity contribution is 0.601.